The third kappa shape index (κ3) is 4.89. The lowest BCUT2D eigenvalue weighted by molar-refractivity contribution is -0.117. The van der Waals surface area contributed by atoms with E-state index in [1.54, 1.807) is 32.9 Å². The van der Waals surface area contributed by atoms with Gasteiger partial charge in [-0.05, 0) is 62.9 Å². The Bertz CT molecular complexity index is 967. The van der Waals surface area contributed by atoms with Gasteiger partial charge in [-0.3, -0.25) is 4.79 Å². The first-order chi connectivity index (χ1) is 12.6. The molecule has 1 aliphatic carbocycles. The second kappa shape index (κ2) is 7.26. The van der Waals surface area contributed by atoms with E-state index in [2.05, 4.69) is 10.0 Å². The molecule has 2 N–H and O–H groups in total. The summed E-state index contributed by atoms with van der Waals surface area (Å²) in [6.45, 7) is 5.33. The van der Waals surface area contributed by atoms with Crippen molar-refractivity contribution in [2.75, 3.05) is 5.32 Å². The van der Waals surface area contributed by atoms with Crippen LogP contribution in [-0.4, -0.2) is 19.9 Å². The highest BCUT2D eigenvalue weighted by molar-refractivity contribution is 7.89. The Morgan fingerprint density at radius 2 is 1.81 bits per heavy atom. The number of hydrogen-bond acceptors (Lipinski definition) is 3. The molecular weight excluding hydrogens is 384 g/mol. The van der Waals surface area contributed by atoms with Crippen LogP contribution in [0.5, 0.6) is 0 Å². The van der Waals surface area contributed by atoms with E-state index in [0.29, 0.717) is 10.7 Å². The van der Waals surface area contributed by atoms with E-state index in [9.17, 15) is 13.2 Å². The molecule has 2 unspecified atom stereocenters. The molecule has 1 aliphatic rings. The SMILES string of the molecule is CC(C)(C)NS(=O)(=O)c1cccc(NC(=O)C2CC2c2ccccc2Cl)c1. The average molecular weight is 407 g/mol. The maximum absolute atomic E-state index is 12.5. The zero-order chi connectivity index (χ0) is 19.8. The Hall–Kier alpha value is -1.89. The first kappa shape index (κ1) is 19.9. The summed E-state index contributed by atoms with van der Waals surface area (Å²) in [6, 6.07) is 13.8. The van der Waals surface area contributed by atoms with E-state index in [-0.39, 0.29) is 22.6 Å². The lowest BCUT2D eigenvalue weighted by atomic mass is 10.1. The first-order valence-electron chi connectivity index (χ1n) is 8.76. The van der Waals surface area contributed by atoms with Crippen LogP contribution in [0.3, 0.4) is 0 Å². The Morgan fingerprint density at radius 1 is 1.11 bits per heavy atom. The normalized spacial score (nSPS) is 19.6. The number of hydrogen-bond donors (Lipinski definition) is 2. The van der Waals surface area contributed by atoms with Gasteiger partial charge in [0, 0.05) is 22.2 Å². The summed E-state index contributed by atoms with van der Waals surface area (Å²) in [5, 5.41) is 3.49. The van der Waals surface area contributed by atoms with Crippen LogP contribution in [0.4, 0.5) is 5.69 Å². The molecule has 27 heavy (non-hydrogen) atoms. The third-order valence-corrected chi connectivity index (χ3v) is 6.38. The maximum atomic E-state index is 12.5. The van der Waals surface area contributed by atoms with Crippen molar-refractivity contribution in [2.24, 2.45) is 5.92 Å². The van der Waals surface area contributed by atoms with E-state index >= 15 is 0 Å². The quantitative estimate of drug-likeness (QED) is 0.782. The Balaban J connectivity index is 1.70. The summed E-state index contributed by atoms with van der Waals surface area (Å²) in [5.41, 5.74) is 0.848. The van der Waals surface area contributed by atoms with Crippen LogP contribution in [0, 0.1) is 5.92 Å². The third-order valence-electron chi connectivity index (χ3n) is 4.28. The highest BCUT2D eigenvalue weighted by Crippen LogP contribution is 2.50. The summed E-state index contributed by atoms with van der Waals surface area (Å²) < 4.78 is 27.5. The molecule has 7 heteroatoms. The van der Waals surface area contributed by atoms with E-state index in [1.165, 1.54) is 12.1 Å². The summed E-state index contributed by atoms with van der Waals surface area (Å²) in [5.74, 6) is -0.177. The van der Waals surface area contributed by atoms with Crippen molar-refractivity contribution in [3.05, 3.63) is 59.1 Å². The van der Waals surface area contributed by atoms with Crippen molar-refractivity contribution in [1.29, 1.82) is 0 Å². The number of rotatable bonds is 5. The number of anilines is 1. The molecule has 0 saturated heterocycles. The number of carbonyl (C=O) groups excluding carboxylic acids is 1. The largest absolute Gasteiger partial charge is 0.326 e. The highest BCUT2D eigenvalue weighted by atomic mass is 35.5. The number of benzene rings is 2. The minimum absolute atomic E-state index is 0.105. The summed E-state index contributed by atoms with van der Waals surface area (Å²) in [6.07, 6.45) is 0.735. The Morgan fingerprint density at radius 3 is 2.48 bits per heavy atom. The topological polar surface area (TPSA) is 75.3 Å². The van der Waals surface area contributed by atoms with Crippen molar-refractivity contribution in [1.82, 2.24) is 4.72 Å². The molecule has 0 spiro atoms. The molecule has 2 aromatic carbocycles. The van der Waals surface area contributed by atoms with Gasteiger partial charge in [0.05, 0.1) is 4.90 Å². The highest BCUT2D eigenvalue weighted by Gasteiger charge is 2.44. The summed E-state index contributed by atoms with van der Waals surface area (Å²) in [7, 11) is -3.66. The molecule has 0 aromatic heterocycles. The maximum Gasteiger partial charge on any atom is 0.241 e. The Labute approximate surface area is 165 Å². The van der Waals surface area contributed by atoms with E-state index in [4.69, 9.17) is 11.6 Å². The van der Waals surface area contributed by atoms with Crippen LogP contribution in [0.15, 0.2) is 53.4 Å². The lowest BCUT2D eigenvalue weighted by Crippen LogP contribution is -2.40. The fourth-order valence-electron chi connectivity index (χ4n) is 3.04. The predicted octanol–water partition coefficient (Wildman–Crippen LogP) is 4.16. The van der Waals surface area contributed by atoms with Gasteiger partial charge in [-0.25, -0.2) is 13.1 Å². The van der Waals surface area contributed by atoms with Gasteiger partial charge in [0.2, 0.25) is 15.9 Å². The van der Waals surface area contributed by atoms with Crippen molar-refractivity contribution in [2.45, 2.75) is 43.5 Å². The van der Waals surface area contributed by atoms with E-state index < -0.39 is 15.6 Å². The van der Waals surface area contributed by atoms with Gasteiger partial charge in [0.15, 0.2) is 0 Å². The van der Waals surface area contributed by atoms with Crippen LogP contribution < -0.4 is 10.0 Å². The van der Waals surface area contributed by atoms with E-state index in [0.717, 1.165) is 12.0 Å². The van der Waals surface area contributed by atoms with Gasteiger partial charge in [-0.1, -0.05) is 35.9 Å². The van der Waals surface area contributed by atoms with Crippen LogP contribution in [0.2, 0.25) is 5.02 Å². The van der Waals surface area contributed by atoms with Crippen LogP contribution in [0.25, 0.3) is 0 Å². The number of amides is 1. The molecule has 144 valence electrons. The second-order valence-electron chi connectivity index (χ2n) is 7.84. The van der Waals surface area contributed by atoms with Gasteiger partial charge in [0.1, 0.15) is 0 Å². The lowest BCUT2D eigenvalue weighted by Gasteiger charge is -2.20. The van der Waals surface area contributed by atoms with E-state index in [1.807, 2.05) is 24.3 Å². The Kier molecular flexibility index (Phi) is 5.34. The summed E-state index contributed by atoms with van der Waals surface area (Å²) >= 11 is 6.21. The molecule has 2 atom stereocenters. The first-order valence-corrected chi connectivity index (χ1v) is 10.6. The minimum atomic E-state index is -3.66. The second-order valence-corrected chi connectivity index (χ2v) is 9.93. The molecule has 1 amide bonds. The molecule has 0 heterocycles. The molecule has 0 bridgehead atoms. The van der Waals surface area contributed by atoms with Gasteiger partial charge in [-0.15, -0.1) is 0 Å². The zero-order valence-electron chi connectivity index (χ0n) is 15.5. The number of nitrogens with one attached hydrogen (secondary N) is 2. The van der Waals surface area contributed by atoms with Gasteiger partial charge >= 0.3 is 0 Å². The van der Waals surface area contributed by atoms with Gasteiger partial charge in [0.25, 0.3) is 0 Å². The van der Waals surface area contributed by atoms with Crippen molar-refractivity contribution < 1.29 is 13.2 Å². The predicted molar refractivity (Wildman–Crippen MR) is 107 cm³/mol. The standard InChI is InChI=1S/C20H23ClN2O3S/c1-20(2,3)23-27(25,26)14-8-6-7-13(11-14)22-19(24)17-12-16(17)15-9-4-5-10-18(15)21/h4-11,16-17,23H,12H2,1-3H3,(H,22,24). The molecule has 1 fully saturated rings. The minimum Gasteiger partial charge on any atom is -0.326 e. The molecular formula is C20H23ClN2O3S. The van der Waals surface area contributed by atoms with Crippen LogP contribution >= 0.6 is 11.6 Å². The number of sulfonamides is 1. The molecule has 2 aromatic rings. The zero-order valence-corrected chi connectivity index (χ0v) is 17.1. The van der Waals surface area contributed by atoms with Crippen molar-refractivity contribution in [3.63, 3.8) is 0 Å². The number of halogens is 1. The summed E-state index contributed by atoms with van der Waals surface area (Å²) in [4.78, 5) is 12.7. The van der Waals surface area contributed by atoms with Gasteiger partial charge < -0.3 is 5.32 Å². The van der Waals surface area contributed by atoms with Crippen molar-refractivity contribution in [3.8, 4) is 0 Å². The smallest absolute Gasteiger partial charge is 0.241 e. The molecule has 1 saturated carbocycles. The molecule has 0 aliphatic heterocycles. The van der Waals surface area contributed by atoms with Crippen LogP contribution in [0.1, 0.15) is 38.7 Å². The van der Waals surface area contributed by atoms with Crippen molar-refractivity contribution >= 4 is 33.2 Å². The molecule has 0 radical (unpaired) electrons. The average Bonchev–Trinajstić information content (AvgIpc) is 3.34. The molecule has 3 rings (SSSR count). The van der Waals surface area contributed by atoms with Crippen LogP contribution in [-0.2, 0) is 14.8 Å². The fourth-order valence-corrected chi connectivity index (χ4v) is 4.78. The van der Waals surface area contributed by atoms with Gasteiger partial charge in [-0.2, -0.15) is 0 Å². The monoisotopic (exact) mass is 406 g/mol. The fraction of sp³-hybridized carbons (Fsp3) is 0.350. The number of carbonyl (C=O) groups is 1. The molecule has 5 nitrogen and oxygen atoms in total.